The van der Waals surface area contributed by atoms with Crippen LogP contribution in [0.2, 0.25) is 0 Å². The molecule has 0 radical (unpaired) electrons. The number of halogens is 1. The molecule has 0 aliphatic carbocycles. The predicted octanol–water partition coefficient (Wildman–Crippen LogP) is 2.55. The quantitative estimate of drug-likeness (QED) is 0.647. The van der Waals surface area contributed by atoms with E-state index in [0.717, 1.165) is 0 Å². The van der Waals surface area contributed by atoms with Crippen molar-refractivity contribution in [3.8, 4) is 0 Å². The van der Waals surface area contributed by atoms with Crippen molar-refractivity contribution in [3.05, 3.63) is 35.9 Å². The molecular formula is C15H20FN5OS. The molecule has 6 nitrogen and oxygen atoms in total. The Bertz CT molecular complexity index is 678. The normalized spacial score (nSPS) is 11.5. The minimum Gasteiger partial charge on any atom is -0.336 e. The molecule has 0 aliphatic heterocycles. The second kappa shape index (κ2) is 6.99. The van der Waals surface area contributed by atoms with E-state index >= 15 is 0 Å². The maximum absolute atomic E-state index is 12.8. The number of rotatable bonds is 5. The summed E-state index contributed by atoms with van der Waals surface area (Å²) in [6.07, 6.45) is 0.291. The Hall–Kier alpha value is -2.09. The second-order valence-electron chi connectivity index (χ2n) is 6.08. The molecule has 0 atom stereocenters. The molecule has 0 bridgehead atoms. The molecule has 3 N–H and O–H groups in total. The highest BCUT2D eigenvalue weighted by atomic mass is 32.2. The first-order chi connectivity index (χ1) is 10.8. The minimum absolute atomic E-state index is 0.150. The zero-order chi connectivity index (χ0) is 17.0. The van der Waals surface area contributed by atoms with Crippen LogP contribution in [0.3, 0.4) is 0 Å². The van der Waals surface area contributed by atoms with Crippen molar-refractivity contribution >= 4 is 23.4 Å². The molecule has 1 amide bonds. The summed E-state index contributed by atoms with van der Waals surface area (Å²) in [5.41, 5.74) is 0.374. The Morgan fingerprint density at radius 2 is 1.96 bits per heavy atom. The lowest BCUT2D eigenvalue weighted by Crippen LogP contribution is -2.24. The lowest BCUT2D eigenvalue weighted by Gasteiger charge is -2.16. The molecule has 124 valence electrons. The van der Waals surface area contributed by atoms with Crippen molar-refractivity contribution in [1.82, 2.24) is 14.9 Å². The summed E-state index contributed by atoms with van der Waals surface area (Å²) >= 11 is 1.37. The topological polar surface area (TPSA) is 85.8 Å². The summed E-state index contributed by atoms with van der Waals surface area (Å²) in [5, 5.41) is 11.4. The zero-order valence-corrected chi connectivity index (χ0v) is 14.2. The SMILES string of the molecule is CC(C)(C)c1nnc(SCCC(=O)Nc2ccc(F)cc2)n1N. The van der Waals surface area contributed by atoms with Crippen molar-refractivity contribution in [2.45, 2.75) is 37.8 Å². The lowest BCUT2D eigenvalue weighted by molar-refractivity contribution is -0.115. The number of anilines is 1. The monoisotopic (exact) mass is 337 g/mol. The molecule has 0 aliphatic rings. The standard InChI is InChI=1S/C15H20FN5OS/c1-15(2,3)13-19-20-14(21(13)17)23-9-8-12(22)18-11-6-4-10(16)5-7-11/h4-7H,8-9,17H2,1-3H3,(H,18,22). The van der Waals surface area contributed by atoms with Crippen LogP contribution in [0.15, 0.2) is 29.4 Å². The molecule has 1 heterocycles. The van der Waals surface area contributed by atoms with Gasteiger partial charge in [0.15, 0.2) is 5.82 Å². The largest absolute Gasteiger partial charge is 0.336 e. The van der Waals surface area contributed by atoms with Gasteiger partial charge in [0.1, 0.15) is 5.82 Å². The molecule has 8 heteroatoms. The number of nitrogens with zero attached hydrogens (tertiary/aromatic N) is 3. The van der Waals surface area contributed by atoms with Crippen molar-refractivity contribution in [1.29, 1.82) is 0 Å². The Labute approximate surface area is 138 Å². The number of nitrogen functional groups attached to an aromatic ring is 1. The third kappa shape index (κ3) is 4.69. The molecule has 0 saturated heterocycles. The molecule has 1 aromatic heterocycles. The predicted molar refractivity (Wildman–Crippen MR) is 89.2 cm³/mol. The van der Waals surface area contributed by atoms with Gasteiger partial charge in [0.25, 0.3) is 0 Å². The summed E-state index contributed by atoms with van der Waals surface area (Å²) in [6, 6.07) is 5.64. The van der Waals surface area contributed by atoms with Crippen LogP contribution in [0.5, 0.6) is 0 Å². The van der Waals surface area contributed by atoms with Crippen LogP contribution in [0.1, 0.15) is 33.0 Å². The Morgan fingerprint density at radius 3 is 2.52 bits per heavy atom. The molecule has 0 spiro atoms. The number of nitrogens with one attached hydrogen (secondary N) is 1. The van der Waals surface area contributed by atoms with Crippen molar-refractivity contribution in [2.24, 2.45) is 0 Å². The van der Waals surface area contributed by atoms with Crippen LogP contribution in [0.25, 0.3) is 0 Å². The minimum atomic E-state index is -0.338. The van der Waals surface area contributed by atoms with Gasteiger partial charge in [-0.15, -0.1) is 10.2 Å². The first-order valence-electron chi connectivity index (χ1n) is 7.16. The fourth-order valence-electron chi connectivity index (χ4n) is 1.88. The lowest BCUT2D eigenvalue weighted by atomic mass is 9.96. The van der Waals surface area contributed by atoms with Gasteiger partial charge in [0.05, 0.1) is 0 Å². The summed E-state index contributed by atoms with van der Waals surface area (Å²) < 4.78 is 14.3. The average molecular weight is 337 g/mol. The summed E-state index contributed by atoms with van der Waals surface area (Å²) in [4.78, 5) is 11.8. The van der Waals surface area contributed by atoms with E-state index in [1.165, 1.54) is 40.7 Å². The Balaban J connectivity index is 1.84. The number of benzene rings is 1. The van der Waals surface area contributed by atoms with Gasteiger partial charge in [0, 0.05) is 23.3 Å². The molecule has 23 heavy (non-hydrogen) atoms. The van der Waals surface area contributed by atoms with E-state index in [2.05, 4.69) is 15.5 Å². The van der Waals surface area contributed by atoms with E-state index in [1.54, 1.807) is 0 Å². The first-order valence-corrected chi connectivity index (χ1v) is 8.15. The highest BCUT2D eigenvalue weighted by Crippen LogP contribution is 2.23. The average Bonchev–Trinajstić information content (AvgIpc) is 2.83. The van der Waals surface area contributed by atoms with E-state index in [4.69, 9.17) is 5.84 Å². The maximum atomic E-state index is 12.8. The third-order valence-corrected chi connectivity index (χ3v) is 3.97. The van der Waals surface area contributed by atoms with Crippen LogP contribution < -0.4 is 11.2 Å². The van der Waals surface area contributed by atoms with E-state index in [1.807, 2.05) is 20.8 Å². The van der Waals surface area contributed by atoms with Crippen molar-refractivity contribution < 1.29 is 9.18 Å². The van der Waals surface area contributed by atoms with Gasteiger partial charge in [-0.05, 0) is 24.3 Å². The first kappa shape index (κ1) is 17.3. The molecule has 2 aromatic rings. The number of carbonyl (C=O) groups excluding carboxylic acids is 1. The molecule has 2 rings (SSSR count). The molecular weight excluding hydrogens is 317 g/mol. The Morgan fingerprint density at radius 1 is 1.30 bits per heavy atom. The molecule has 1 aromatic carbocycles. The van der Waals surface area contributed by atoms with Gasteiger partial charge in [-0.3, -0.25) is 4.79 Å². The van der Waals surface area contributed by atoms with E-state index in [9.17, 15) is 9.18 Å². The number of amides is 1. The fraction of sp³-hybridized carbons (Fsp3) is 0.400. The van der Waals surface area contributed by atoms with Crippen LogP contribution >= 0.6 is 11.8 Å². The number of hydrogen-bond donors (Lipinski definition) is 2. The Kier molecular flexibility index (Phi) is 5.25. The van der Waals surface area contributed by atoms with Crippen LogP contribution in [0, 0.1) is 5.82 Å². The van der Waals surface area contributed by atoms with Crippen LogP contribution in [0.4, 0.5) is 10.1 Å². The van der Waals surface area contributed by atoms with Gasteiger partial charge >= 0.3 is 0 Å². The van der Waals surface area contributed by atoms with Crippen LogP contribution in [-0.4, -0.2) is 26.5 Å². The smallest absolute Gasteiger partial charge is 0.225 e. The highest BCUT2D eigenvalue weighted by molar-refractivity contribution is 7.99. The maximum Gasteiger partial charge on any atom is 0.225 e. The van der Waals surface area contributed by atoms with E-state index < -0.39 is 0 Å². The highest BCUT2D eigenvalue weighted by Gasteiger charge is 2.22. The number of aromatic nitrogens is 3. The summed E-state index contributed by atoms with van der Waals surface area (Å²) in [6.45, 7) is 6.01. The summed E-state index contributed by atoms with van der Waals surface area (Å²) in [7, 11) is 0. The number of hydrogen-bond acceptors (Lipinski definition) is 5. The van der Waals surface area contributed by atoms with Crippen molar-refractivity contribution in [2.75, 3.05) is 16.9 Å². The number of carbonyl (C=O) groups is 1. The van der Waals surface area contributed by atoms with Crippen molar-refractivity contribution in [3.63, 3.8) is 0 Å². The second-order valence-corrected chi connectivity index (χ2v) is 7.14. The van der Waals surface area contributed by atoms with Gasteiger partial charge < -0.3 is 11.2 Å². The van der Waals surface area contributed by atoms with E-state index in [-0.39, 0.29) is 17.1 Å². The third-order valence-electron chi connectivity index (χ3n) is 3.02. The van der Waals surface area contributed by atoms with Gasteiger partial charge in [-0.1, -0.05) is 32.5 Å². The van der Waals surface area contributed by atoms with Gasteiger partial charge in [0.2, 0.25) is 11.1 Å². The molecule has 0 saturated carbocycles. The van der Waals surface area contributed by atoms with E-state index in [0.29, 0.717) is 28.8 Å². The van der Waals surface area contributed by atoms with Crippen LogP contribution in [-0.2, 0) is 10.2 Å². The fourth-order valence-corrected chi connectivity index (χ4v) is 2.67. The van der Waals surface area contributed by atoms with Gasteiger partial charge in [-0.25, -0.2) is 9.07 Å². The zero-order valence-electron chi connectivity index (χ0n) is 13.3. The number of thioether (sulfide) groups is 1. The molecule has 0 unspecified atom stereocenters. The van der Waals surface area contributed by atoms with Gasteiger partial charge in [-0.2, -0.15) is 0 Å². The molecule has 0 fully saturated rings. The summed E-state index contributed by atoms with van der Waals surface area (Å²) in [5.74, 6) is 6.70. The number of nitrogens with two attached hydrogens (primary N) is 1.